The number of hydrogen-bond acceptors (Lipinski definition) is 4. The average Bonchev–Trinajstić information content (AvgIpc) is 2.68. The van der Waals surface area contributed by atoms with Gasteiger partial charge >= 0.3 is 0 Å². The van der Waals surface area contributed by atoms with Crippen LogP contribution in [0.1, 0.15) is 22.6 Å². The van der Waals surface area contributed by atoms with Crippen molar-refractivity contribution in [3.8, 4) is 0 Å². The van der Waals surface area contributed by atoms with E-state index in [1.165, 1.54) is 0 Å². The molecule has 6 nitrogen and oxygen atoms in total. The Balaban J connectivity index is 1.84. The summed E-state index contributed by atoms with van der Waals surface area (Å²) in [5, 5.41) is 4.35. The minimum absolute atomic E-state index is 0.0744. The molecule has 3 rings (SSSR count). The highest BCUT2D eigenvalue weighted by atomic mass is 32.1. The van der Waals surface area contributed by atoms with E-state index in [2.05, 4.69) is 26.0 Å². The summed E-state index contributed by atoms with van der Waals surface area (Å²) >= 11 is 5.00. The van der Waals surface area contributed by atoms with Crippen LogP contribution in [0.25, 0.3) is 0 Å². The van der Waals surface area contributed by atoms with Crippen LogP contribution in [0.15, 0.2) is 10.9 Å². The molecule has 0 aliphatic carbocycles. The number of nitrogens with one attached hydrogen (secondary N) is 2. The lowest BCUT2D eigenvalue weighted by Gasteiger charge is -2.27. The number of hydrogen-bond donors (Lipinski definition) is 2. The number of rotatable bonds is 2. The van der Waals surface area contributed by atoms with Gasteiger partial charge in [0.1, 0.15) is 0 Å². The van der Waals surface area contributed by atoms with Gasteiger partial charge in [0.05, 0.1) is 17.0 Å². The first-order valence-corrected chi connectivity index (χ1v) is 7.00. The lowest BCUT2D eigenvalue weighted by atomic mass is 10.1. The smallest absolute Gasteiger partial charge is 0.256 e. The Morgan fingerprint density at radius 3 is 2.95 bits per heavy atom. The number of aromatic amines is 2. The summed E-state index contributed by atoms with van der Waals surface area (Å²) in [6, 6.07) is 2.08. The molecular weight excluding hydrogens is 274 g/mol. The molecule has 0 radical (unpaired) electrons. The molecule has 106 valence electrons. The van der Waals surface area contributed by atoms with Crippen molar-refractivity contribution in [1.29, 1.82) is 0 Å². The number of fused-ring (bicyclic) bond motifs is 1. The molecule has 0 bridgehead atoms. The van der Waals surface area contributed by atoms with E-state index in [1.54, 1.807) is 0 Å². The Bertz CT molecular complexity index is 757. The molecule has 0 saturated heterocycles. The summed E-state index contributed by atoms with van der Waals surface area (Å²) in [4.78, 5) is 20.0. The van der Waals surface area contributed by atoms with Gasteiger partial charge in [-0.05, 0) is 25.2 Å². The average molecular weight is 291 g/mol. The normalized spacial score (nSPS) is 15.3. The monoisotopic (exact) mass is 291 g/mol. The lowest BCUT2D eigenvalue weighted by Crippen LogP contribution is -2.35. The molecule has 0 amide bonds. The zero-order valence-electron chi connectivity index (χ0n) is 11.6. The second kappa shape index (κ2) is 4.99. The van der Waals surface area contributed by atoms with Crippen LogP contribution >= 0.6 is 12.2 Å². The number of aromatic nitrogens is 4. The Hall–Kier alpha value is -1.73. The van der Waals surface area contributed by atoms with Crippen LogP contribution < -0.4 is 5.56 Å². The number of nitrogens with zero attached hydrogens (tertiary/aromatic N) is 3. The third kappa shape index (κ3) is 2.46. The molecule has 1 aliphatic rings. The highest BCUT2D eigenvalue weighted by molar-refractivity contribution is 7.71. The van der Waals surface area contributed by atoms with Crippen LogP contribution in [-0.2, 0) is 26.6 Å². The Morgan fingerprint density at radius 2 is 2.25 bits per heavy atom. The van der Waals surface area contributed by atoms with Crippen molar-refractivity contribution in [3.63, 3.8) is 0 Å². The van der Waals surface area contributed by atoms with Crippen molar-refractivity contribution in [3.05, 3.63) is 43.8 Å². The van der Waals surface area contributed by atoms with Crippen LogP contribution in [0.5, 0.6) is 0 Å². The van der Waals surface area contributed by atoms with Crippen LogP contribution in [0.3, 0.4) is 0 Å². The van der Waals surface area contributed by atoms with Crippen LogP contribution in [0.2, 0.25) is 0 Å². The molecule has 1 aliphatic heterocycles. The first kappa shape index (κ1) is 13.3. The van der Waals surface area contributed by atoms with Gasteiger partial charge in [-0.3, -0.25) is 19.4 Å². The molecule has 0 saturated carbocycles. The van der Waals surface area contributed by atoms with Gasteiger partial charge in [-0.15, -0.1) is 0 Å². The summed E-state index contributed by atoms with van der Waals surface area (Å²) in [6.07, 6.45) is 0.819. The van der Waals surface area contributed by atoms with Crippen molar-refractivity contribution < 1.29 is 0 Å². The predicted molar refractivity (Wildman–Crippen MR) is 78.0 cm³/mol. The molecule has 0 fully saturated rings. The molecule has 7 heteroatoms. The maximum atomic E-state index is 12.0. The number of H-pyrrole nitrogens is 2. The predicted octanol–water partition coefficient (Wildman–Crippen LogP) is 1.03. The summed E-state index contributed by atoms with van der Waals surface area (Å²) in [6.45, 7) is 4.33. The maximum Gasteiger partial charge on any atom is 0.256 e. The minimum atomic E-state index is -0.0744. The van der Waals surface area contributed by atoms with Crippen molar-refractivity contribution in [2.45, 2.75) is 26.4 Å². The minimum Gasteiger partial charge on any atom is -0.335 e. The third-order valence-electron chi connectivity index (χ3n) is 3.67. The molecule has 2 aromatic rings. The number of aryl methyl sites for hydroxylation is 2. The fourth-order valence-corrected chi connectivity index (χ4v) is 2.90. The fourth-order valence-electron chi connectivity index (χ4n) is 2.69. The van der Waals surface area contributed by atoms with Gasteiger partial charge < -0.3 is 4.98 Å². The molecular formula is C13H17N5OS. The van der Waals surface area contributed by atoms with E-state index in [9.17, 15) is 4.79 Å². The first-order chi connectivity index (χ1) is 9.52. The lowest BCUT2D eigenvalue weighted by molar-refractivity contribution is 0.235. The second-order valence-electron chi connectivity index (χ2n) is 5.23. The zero-order chi connectivity index (χ0) is 14.3. The van der Waals surface area contributed by atoms with Crippen LogP contribution in [0, 0.1) is 11.7 Å². The van der Waals surface area contributed by atoms with Crippen LogP contribution in [-0.4, -0.2) is 31.2 Å². The van der Waals surface area contributed by atoms with Gasteiger partial charge in [-0.25, -0.2) is 0 Å². The van der Waals surface area contributed by atoms with E-state index in [4.69, 9.17) is 12.2 Å². The summed E-state index contributed by atoms with van der Waals surface area (Å²) in [5.41, 5.74) is 3.86. The van der Waals surface area contributed by atoms with Crippen molar-refractivity contribution >= 4 is 12.2 Å². The molecule has 0 spiro atoms. The summed E-state index contributed by atoms with van der Waals surface area (Å²) in [7, 11) is 1.95. The van der Waals surface area contributed by atoms with E-state index in [1.807, 2.05) is 18.7 Å². The highest BCUT2D eigenvalue weighted by Crippen LogP contribution is 2.16. The fraction of sp³-hybridized carbons (Fsp3) is 0.462. The van der Waals surface area contributed by atoms with Gasteiger partial charge in [-0.2, -0.15) is 5.10 Å². The molecule has 20 heavy (non-hydrogen) atoms. The molecule has 0 atom stereocenters. The zero-order valence-corrected chi connectivity index (χ0v) is 12.4. The van der Waals surface area contributed by atoms with Gasteiger partial charge in [0.15, 0.2) is 4.77 Å². The largest absolute Gasteiger partial charge is 0.335 e. The van der Waals surface area contributed by atoms with Gasteiger partial charge in [-0.1, -0.05) is 0 Å². The topological polar surface area (TPSA) is 69.7 Å². The molecule has 0 aromatic carbocycles. The second-order valence-corrected chi connectivity index (χ2v) is 5.63. The molecule has 2 aromatic heterocycles. The SMILES string of the molecule is Cc1cc(CN2CCc3[nH]c(=S)[nH]c(=O)c3C2)n(C)n1. The molecule has 2 N–H and O–H groups in total. The standard InChI is InChI=1S/C13H17N5OS/c1-8-5-9(17(2)16-8)6-18-4-3-11-10(7-18)12(19)15-13(20)14-11/h5H,3-4,6-7H2,1-2H3,(H2,14,15,19,20). The van der Waals surface area contributed by atoms with E-state index in [0.717, 1.165) is 42.2 Å². The van der Waals surface area contributed by atoms with Crippen molar-refractivity contribution in [1.82, 2.24) is 24.6 Å². The Labute approximate surface area is 121 Å². The highest BCUT2D eigenvalue weighted by Gasteiger charge is 2.20. The Kier molecular flexibility index (Phi) is 3.31. The summed E-state index contributed by atoms with van der Waals surface area (Å²) in [5.74, 6) is 0. The van der Waals surface area contributed by atoms with E-state index >= 15 is 0 Å². The van der Waals surface area contributed by atoms with E-state index in [-0.39, 0.29) is 5.56 Å². The van der Waals surface area contributed by atoms with Gasteiger partial charge in [0, 0.05) is 38.8 Å². The van der Waals surface area contributed by atoms with Crippen molar-refractivity contribution in [2.75, 3.05) is 6.54 Å². The summed E-state index contributed by atoms with van der Waals surface area (Å²) < 4.78 is 2.30. The Morgan fingerprint density at radius 1 is 1.45 bits per heavy atom. The quantitative estimate of drug-likeness (QED) is 0.811. The van der Waals surface area contributed by atoms with Crippen molar-refractivity contribution in [2.24, 2.45) is 7.05 Å². The molecule has 0 unspecified atom stereocenters. The van der Waals surface area contributed by atoms with Gasteiger partial charge in [0.25, 0.3) is 5.56 Å². The van der Waals surface area contributed by atoms with Gasteiger partial charge in [0.2, 0.25) is 0 Å². The first-order valence-electron chi connectivity index (χ1n) is 6.59. The maximum absolute atomic E-state index is 12.0. The van der Waals surface area contributed by atoms with Crippen LogP contribution in [0.4, 0.5) is 0 Å². The third-order valence-corrected chi connectivity index (χ3v) is 3.88. The van der Waals surface area contributed by atoms with E-state index < -0.39 is 0 Å². The molecule has 3 heterocycles. The van der Waals surface area contributed by atoms with E-state index in [0.29, 0.717) is 11.3 Å².